The number of aryl methyl sites for hydroxylation is 3. The second kappa shape index (κ2) is 10.1. The number of para-hydroxylation sites is 1. The van der Waals surface area contributed by atoms with Crippen molar-refractivity contribution >= 4 is 7.60 Å². The summed E-state index contributed by atoms with van der Waals surface area (Å²) in [6.07, 6.45) is 7.65. The minimum absolute atomic E-state index is 0. The first-order valence-electron chi connectivity index (χ1n) is 8.45. The molecule has 2 aromatic heterocycles. The van der Waals surface area contributed by atoms with E-state index in [9.17, 15) is 4.57 Å². The Balaban J connectivity index is 0.00000196. The molecule has 0 aliphatic heterocycles. The van der Waals surface area contributed by atoms with Crippen LogP contribution in [0.4, 0.5) is 0 Å². The van der Waals surface area contributed by atoms with E-state index in [0.29, 0.717) is 6.54 Å². The molecule has 0 radical (unpaired) electrons. The largest absolute Gasteiger partial charge is 1.00 e. The molecule has 0 spiro atoms. The Kier molecular flexibility index (Phi) is 8.80. The summed E-state index contributed by atoms with van der Waals surface area (Å²) in [5, 5.41) is 0. The number of pyridine rings is 2. The zero-order valence-corrected chi connectivity index (χ0v) is 18.1. The summed E-state index contributed by atoms with van der Waals surface area (Å²) in [7, 11) is -3.97. The Hall–Kier alpha value is -1.75. The first-order chi connectivity index (χ1) is 12.3. The van der Waals surface area contributed by atoms with Gasteiger partial charge in [-0.15, -0.1) is 0 Å². The molecule has 0 amide bonds. The van der Waals surface area contributed by atoms with Gasteiger partial charge in [0, 0.05) is 35.4 Å². The van der Waals surface area contributed by atoms with Gasteiger partial charge >= 0.3 is 7.60 Å². The fourth-order valence-electron chi connectivity index (χ4n) is 3.03. The second-order valence-corrected chi connectivity index (χ2v) is 8.22. The smallest absolute Gasteiger partial charge is 0.331 e. The van der Waals surface area contributed by atoms with Crippen LogP contribution < -0.4 is 33.9 Å². The third-order valence-electron chi connectivity index (χ3n) is 4.40. The van der Waals surface area contributed by atoms with Gasteiger partial charge < -0.3 is 34.6 Å². The van der Waals surface area contributed by atoms with Crippen LogP contribution in [0.3, 0.4) is 0 Å². The number of halogens is 2. The van der Waals surface area contributed by atoms with Gasteiger partial charge in [0.05, 0.1) is 0 Å². The number of hydrogen-bond donors (Lipinski definition) is 2. The summed E-state index contributed by atoms with van der Waals surface area (Å²) >= 11 is 0. The molecule has 0 bridgehead atoms. The van der Waals surface area contributed by atoms with Gasteiger partial charge in [0.1, 0.15) is 6.16 Å². The molecule has 0 fully saturated rings. The molecule has 0 unspecified atom stereocenters. The molecule has 8 heteroatoms. The minimum atomic E-state index is -3.97. The SMILES string of the molecule is Cc1cccc(C)c1-[n+]1ccc(-c2cc[n+](CCP(=O)(O)O)cc2)cc1.[Cl-].[Cl-]. The lowest BCUT2D eigenvalue weighted by Crippen LogP contribution is -3.00. The van der Waals surface area contributed by atoms with E-state index in [4.69, 9.17) is 9.79 Å². The maximum absolute atomic E-state index is 11.0. The second-order valence-electron chi connectivity index (χ2n) is 6.45. The predicted molar refractivity (Wildman–Crippen MR) is 100.0 cm³/mol. The Morgan fingerprint density at radius 2 is 1.29 bits per heavy atom. The monoisotopic (exact) mass is 440 g/mol. The maximum atomic E-state index is 11.0. The highest BCUT2D eigenvalue weighted by Crippen LogP contribution is 2.33. The minimum Gasteiger partial charge on any atom is -1.00 e. The molecule has 0 saturated heterocycles. The van der Waals surface area contributed by atoms with Crippen LogP contribution in [-0.2, 0) is 11.1 Å². The Morgan fingerprint density at radius 1 is 0.821 bits per heavy atom. The summed E-state index contributed by atoms with van der Waals surface area (Å²) in [5.74, 6) is 0. The van der Waals surface area contributed by atoms with Crippen molar-refractivity contribution in [2.75, 3.05) is 6.16 Å². The van der Waals surface area contributed by atoms with E-state index in [-0.39, 0.29) is 31.0 Å². The van der Waals surface area contributed by atoms with Gasteiger partial charge in [-0.05, 0) is 25.0 Å². The van der Waals surface area contributed by atoms with Gasteiger partial charge in [0.2, 0.25) is 5.69 Å². The van der Waals surface area contributed by atoms with Crippen molar-refractivity contribution in [3.05, 3.63) is 78.4 Å². The molecule has 2 heterocycles. The first-order valence-corrected chi connectivity index (χ1v) is 10.3. The Labute approximate surface area is 177 Å². The van der Waals surface area contributed by atoms with Crippen molar-refractivity contribution in [1.29, 1.82) is 0 Å². The number of benzene rings is 1. The van der Waals surface area contributed by atoms with Gasteiger partial charge in [-0.1, -0.05) is 18.2 Å². The Morgan fingerprint density at radius 3 is 1.75 bits per heavy atom. The van der Waals surface area contributed by atoms with Crippen molar-refractivity contribution in [1.82, 2.24) is 0 Å². The van der Waals surface area contributed by atoms with Crippen LogP contribution in [0.2, 0.25) is 0 Å². The summed E-state index contributed by atoms with van der Waals surface area (Å²) in [6, 6.07) is 14.3. The van der Waals surface area contributed by atoms with Gasteiger partial charge in [0.25, 0.3) is 0 Å². The van der Waals surface area contributed by atoms with E-state index in [0.717, 1.165) is 11.1 Å². The van der Waals surface area contributed by atoms with Crippen LogP contribution in [0, 0.1) is 13.8 Å². The van der Waals surface area contributed by atoms with Gasteiger partial charge in [-0.25, -0.2) is 4.57 Å². The molecule has 0 saturated carbocycles. The summed E-state index contributed by atoms with van der Waals surface area (Å²) < 4.78 is 14.9. The van der Waals surface area contributed by atoms with E-state index in [1.165, 1.54) is 16.8 Å². The molecular weight excluding hydrogens is 418 g/mol. The van der Waals surface area contributed by atoms with E-state index in [1.54, 1.807) is 4.57 Å². The number of hydrogen-bond acceptors (Lipinski definition) is 1. The molecule has 1 aromatic carbocycles. The molecule has 0 aliphatic rings. The average Bonchev–Trinajstić information content (AvgIpc) is 2.60. The van der Waals surface area contributed by atoms with Crippen LogP contribution >= 0.6 is 7.60 Å². The fraction of sp³-hybridized carbons (Fsp3) is 0.200. The van der Waals surface area contributed by atoms with Crippen LogP contribution in [0.15, 0.2) is 67.3 Å². The summed E-state index contributed by atoms with van der Waals surface area (Å²) in [5.41, 5.74) is 5.81. The van der Waals surface area contributed by atoms with E-state index < -0.39 is 7.60 Å². The van der Waals surface area contributed by atoms with Crippen molar-refractivity contribution in [2.24, 2.45) is 0 Å². The maximum Gasteiger partial charge on any atom is 0.331 e. The lowest BCUT2D eigenvalue weighted by Gasteiger charge is -2.05. The highest BCUT2D eigenvalue weighted by atomic mass is 35.5. The van der Waals surface area contributed by atoms with Crippen LogP contribution in [0.1, 0.15) is 11.1 Å². The van der Waals surface area contributed by atoms with Crippen molar-refractivity contribution in [3.63, 3.8) is 0 Å². The molecule has 3 aromatic rings. The summed E-state index contributed by atoms with van der Waals surface area (Å²) in [6.45, 7) is 4.51. The van der Waals surface area contributed by atoms with Crippen LogP contribution in [0.25, 0.3) is 16.8 Å². The van der Waals surface area contributed by atoms with Crippen LogP contribution in [-0.4, -0.2) is 15.9 Å². The predicted octanol–water partition coefficient (Wildman–Crippen LogP) is -3.28. The van der Waals surface area contributed by atoms with E-state index in [1.807, 2.05) is 24.5 Å². The van der Waals surface area contributed by atoms with Crippen LogP contribution in [0.5, 0.6) is 0 Å². The van der Waals surface area contributed by atoms with Gasteiger partial charge in [0.15, 0.2) is 31.3 Å². The molecule has 150 valence electrons. The number of nitrogens with zero attached hydrogens (tertiary/aromatic N) is 2. The van der Waals surface area contributed by atoms with Gasteiger partial charge in [-0.3, -0.25) is 4.57 Å². The fourth-order valence-corrected chi connectivity index (χ4v) is 3.52. The molecule has 3 rings (SSSR count). The number of rotatable bonds is 5. The molecule has 5 nitrogen and oxygen atoms in total. The topological polar surface area (TPSA) is 65.3 Å². The molecular formula is C20H23Cl2N2O3P. The van der Waals surface area contributed by atoms with Crippen molar-refractivity contribution < 1.29 is 48.3 Å². The lowest BCUT2D eigenvalue weighted by atomic mass is 10.1. The Bertz CT molecular complexity index is 938. The highest BCUT2D eigenvalue weighted by molar-refractivity contribution is 7.51. The third kappa shape index (κ3) is 6.13. The third-order valence-corrected chi connectivity index (χ3v) is 5.18. The molecule has 28 heavy (non-hydrogen) atoms. The highest BCUT2D eigenvalue weighted by Gasteiger charge is 2.16. The number of aromatic nitrogens is 2. The average molecular weight is 441 g/mol. The molecule has 0 aliphatic carbocycles. The zero-order chi connectivity index (χ0) is 18.7. The van der Waals surface area contributed by atoms with E-state index >= 15 is 0 Å². The van der Waals surface area contributed by atoms with Crippen molar-refractivity contribution in [3.8, 4) is 16.8 Å². The normalized spacial score (nSPS) is 10.7. The standard InChI is InChI=1S/C20H21N2O3P.2ClH/c1-16-4-3-5-17(2)20(16)22-12-8-19(9-13-22)18-6-10-21(11-7-18)14-15-26(23,24)25;;/h3-13H,14-15H2,1-2H3;2*1H. The van der Waals surface area contributed by atoms with Crippen molar-refractivity contribution in [2.45, 2.75) is 20.4 Å². The quantitative estimate of drug-likeness (QED) is 0.323. The van der Waals surface area contributed by atoms with Gasteiger partial charge in [-0.2, -0.15) is 4.57 Å². The first kappa shape index (κ1) is 24.3. The molecule has 2 N–H and O–H groups in total. The summed E-state index contributed by atoms with van der Waals surface area (Å²) in [4.78, 5) is 17.9. The zero-order valence-electron chi connectivity index (χ0n) is 15.7. The lowest BCUT2D eigenvalue weighted by molar-refractivity contribution is -0.692. The molecule has 0 atom stereocenters. The van der Waals surface area contributed by atoms with E-state index in [2.05, 4.69) is 61.1 Å².